The molecular formula is C24H24ClFN2O3S. The van der Waals surface area contributed by atoms with Crippen LogP contribution >= 0.6 is 11.6 Å². The van der Waals surface area contributed by atoms with Gasteiger partial charge in [0.15, 0.2) is 0 Å². The molecule has 32 heavy (non-hydrogen) atoms. The molecule has 0 saturated heterocycles. The molecule has 0 spiro atoms. The van der Waals surface area contributed by atoms with Crippen LogP contribution in [0.25, 0.3) is 0 Å². The highest BCUT2D eigenvalue weighted by Gasteiger charge is 2.29. The zero-order valence-corrected chi connectivity index (χ0v) is 19.3. The fraction of sp³-hybridized carbons (Fsp3) is 0.208. The van der Waals surface area contributed by atoms with E-state index in [0.717, 1.165) is 15.9 Å². The number of amides is 1. The number of halogens is 2. The van der Waals surface area contributed by atoms with Crippen molar-refractivity contribution >= 4 is 33.2 Å². The summed E-state index contributed by atoms with van der Waals surface area (Å²) in [5.41, 5.74) is 0.509. The Balaban J connectivity index is 1.88. The van der Waals surface area contributed by atoms with E-state index in [1.54, 1.807) is 18.2 Å². The van der Waals surface area contributed by atoms with Crippen molar-refractivity contribution in [2.75, 3.05) is 10.8 Å². The van der Waals surface area contributed by atoms with Gasteiger partial charge in [0.25, 0.3) is 10.0 Å². The highest BCUT2D eigenvalue weighted by atomic mass is 35.5. The van der Waals surface area contributed by atoms with Crippen molar-refractivity contribution in [1.82, 2.24) is 5.32 Å². The minimum Gasteiger partial charge on any atom is -0.349 e. The molecule has 0 aliphatic heterocycles. The van der Waals surface area contributed by atoms with Crippen molar-refractivity contribution in [3.63, 3.8) is 0 Å². The topological polar surface area (TPSA) is 66.5 Å². The van der Waals surface area contributed by atoms with E-state index in [-0.39, 0.29) is 15.6 Å². The molecule has 0 heterocycles. The first-order valence-corrected chi connectivity index (χ1v) is 11.8. The zero-order chi connectivity index (χ0) is 23.4. The number of rotatable bonds is 8. The predicted octanol–water partition coefficient (Wildman–Crippen LogP) is 4.81. The summed E-state index contributed by atoms with van der Waals surface area (Å²) in [6.07, 6.45) is 0.563. The lowest BCUT2D eigenvalue weighted by Gasteiger charge is -2.29. The largest absolute Gasteiger partial charge is 0.349 e. The van der Waals surface area contributed by atoms with E-state index in [2.05, 4.69) is 5.32 Å². The Bertz CT molecular complexity index is 1190. The minimum absolute atomic E-state index is 0.0109. The molecule has 8 heteroatoms. The molecule has 0 saturated carbocycles. The quantitative estimate of drug-likeness (QED) is 0.509. The second-order valence-electron chi connectivity index (χ2n) is 8.02. The molecule has 1 N–H and O–H groups in total. The number of anilines is 1. The second kappa shape index (κ2) is 9.71. The lowest BCUT2D eigenvalue weighted by atomic mass is 9.95. The number of nitrogens with one attached hydrogen (secondary N) is 1. The first kappa shape index (κ1) is 23.8. The van der Waals surface area contributed by atoms with Crippen LogP contribution in [-0.4, -0.2) is 26.4 Å². The summed E-state index contributed by atoms with van der Waals surface area (Å²) < 4.78 is 41.3. The molecule has 1 amide bonds. The normalized spacial score (nSPS) is 11.8. The molecule has 0 aliphatic carbocycles. The number of hydrogen-bond acceptors (Lipinski definition) is 3. The summed E-state index contributed by atoms with van der Waals surface area (Å²) in [6, 6.07) is 21.0. The van der Waals surface area contributed by atoms with Gasteiger partial charge in [-0.15, -0.1) is 0 Å². The Morgan fingerprint density at radius 2 is 1.59 bits per heavy atom. The van der Waals surface area contributed by atoms with Gasteiger partial charge in [0.05, 0.1) is 15.6 Å². The van der Waals surface area contributed by atoms with Crippen LogP contribution in [0.1, 0.15) is 19.4 Å². The smallest absolute Gasteiger partial charge is 0.264 e. The molecule has 0 radical (unpaired) electrons. The van der Waals surface area contributed by atoms with Crippen LogP contribution in [0.4, 0.5) is 10.1 Å². The zero-order valence-electron chi connectivity index (χ0n) is 17.8. The molecule has 5 nitrogen and oxygen atoms in total. The van der Waals surface area contributed by atoms with Crippen molar-refractivity contribution < 1.29 is 17.6 Å². The van der Waals surface area contributed by atoms with E-state index in [0.29, 0.717) is 6.42 Å². The van der Waals surface area contributed by atoms with Gasteiger partial charge in [-0.05, 0) is 56.2 Å². The van der Waals surface area contributed by atoms with Crippen LogP contribution in [0.15, 0.2) is 83.8 Å². The van der Waals surface area contributed by atoms with Crippen molar-refractivity contribution in [1.29, 1.82) is 0 Å². The third kappa shape index (κ3) is 5.87. The second-order valence-corrected chi connectivity index (χ2v) is 10.3. The molecule has 0 fully saturated rings. The van der Waals surface area contributed by atoms with E-state index in [9.17, 15) is 17.6 Å². The summed E-state index contributed by atoms with van der Waals surface area (Å²) >= 11 is 5.89. The summed E-state index contributed by atoms with van der Waals surface area (Å²) in [5, 5.41) is 2.67. The summed E-state index contributed by atoms with van der Waals surface area (Å²) in [4.78, 5) is 12.9. The highest BCUT2D eigenvalue weighted by molar-refractivity contribution is 7.92. The van der Waals surface area contributed by atoms with Gasteiger partial charge in [-0.2, -0.15) is 0 Å². The molecule has 0 aromatic heterocycles. The summed E-state index contributed by atoms with van der Waals surface area (Å²) in [6.45, 7) is 3.24. The Kier molecular flexibility index (Phi) is 7.21. The number of carbonyl (C=O) groups is 1. The number of benzene rings is 3. The van der Waals surface area contributed by atoms with E-state index in [1.165, 1.54) is 24.3 Å². The number of sulfonamides is 1. The Morgan fingerprint density at radius 1 is 1.00 bits per heavy atom. The Labute approximate surface area is 192 Å². The van der Waals surface area contributed by atoms with Gasteiger partial charge in [-0.3, -0.25) is 9.10 Å². The number of nitrogens with zero attached hydrogens (tertiary/aromatic N) is 1. The molecule has 3 aromatic rings. The van der Waals surface area contributed by atoms with Crippen molar-refractivity contribution in [2.24, 2.45) is 0 Å². The molecule has 0 unspecified atom stereocenters. The van der Waals surface area contributed by atoms with Crippen LogP contribution in [0.5, 0.6) is 0 Å². The van der Waals surface area contributed by atoms with Gasteiger partial charge in [0.2, 0.25) is 5.91 Å². The number of hydrogen-bond donors (Lipinski definition) is 1. The van der Waals surface area contributed by atoms with E-state index >= 15 is 0 Å². The highest BCUT2D eigenvalue weighted by Crippen LogP contribution is 2.27. The molecule has 0 atom stereocenters. The SMILES string of the molecule is CC(C)(Cc1ccccc1)NC(=O)CN(c1ccc(F)c(Cl)c1)S(=O)(=O)c1ccccc1. The Morgan fingerprint density at radius 3 is 2.19 bits per heavy atom. The van der Waals surface area contributed by atoms with Gasteiger partial charge < -0.3 is 5.32 Å². The minimum atomic E-state index is -4.10. The van der Waals surface area contributed by atoms with E-state index < -0.39 is 33.8 Å². The maximum atomic E-state index is 13.7. The summed E-state index contributed by atoms with van der Waals surface area (Å²) in [7, 11) is -4.10. The third-order valence-electron chi connectivity index (χ3n) is 4.78. The standard InChI is InChI=1S/C24H24ClFN2O3S/c1-24(2,16-18-9-5-3-6-10-18)27-23(29)17-28(19-13-14-22(26)21(25)15-19)32(30,31)20-11-7-4-8-12-20/h3-15H,16-17H2,1-2H3,(H,27,29). The van der Waals surface area contributed by atoms with Crippen LogP contribution in [0.3, 0.4) is 0 Å². The fourth-order valence-corrected chi connectivity index (χ4v) is 4.98. The van der Waals surface area contributed by atoms with E-state index in [1.807, 2.05) is 44.2 Å². The molecule has 3 aromatic carbocycles. The lowest BCUT2D eigenvalue weighted by molar-refractivity contribution is -0.121. The van der Waals surface area contributed by atoms with Crippen LogP contribution in [0, 0.1) is 5.82 Å². The number of carbonyl (C=O) groups excluding carboxylic acids is 1. The first-order chi connectivity index (χ1) is 15.1. The first-order valence-electron chi connectivity index (χ1n) is 9.96. The van der Waals surface area contributed by atoms with Gasteiger partial charge in [-0.25, -0.2) is 12.8 Å². The van der Waals surface area contributed by atoms with E-state index in [4.69, 9.17) is 11.6 Å². The van der Waals surface area contributed by atoms with Crippen molar-refractivity contribution in [3.05, 3.63) is 95.3 Å². The van der Waals surface area contributed by atoms with Gasteiger partial charge in [-0.1, -0.05) is 60.1 Å². The summed E-state index contributed by atoms with van der Waals surface area (Å²) in [5.74, 6) is -1.17. The van der Waals surface area contributed by atoms with Crippen LogP contribution in [-0.2, 0) is 21.2 Å². The monoisotopic (exact) mass is 474 g/mol. The third-order valence-corrected chi connectivity index (χ3v) is 6.85. The average molecular weight is 475 g/mol. The molecular weight excluding hydrogens is 451 g/mol. The molecule has 3 rings (SSSR count). The maximum absolute atomic E-state index is 13.7. The molecule has 0 bridgehead atoms. The lowest BCUT2D eigenvalue weighted by Crippen LogP contribution is -2.50. The van der Waals surface area contributed by atoms with Gasteiger partial charge in [0.1, 0.15) is 12.4 Å². The van der Waals surface area contributed by atoms with Crippen LogP contribution in [0.2, 0.25) is 5.02 Å². The van der Waals surface area contributed by atoms with Crippen molar-refractivity contribution in [3.8, 4) is 0 Å². The maximum Gasteiger partial charge on any atom is 0.264 e. The Hall–Kier alpha value is -2.90. The average Bonchev–Trinajstić information content (AvgIpc) is 2.74. The molecule has 0 aliphatic rings. The van der Waals surface area contributed by atoms with Gasteiger partial charge >= 0.3 is 0 Å². The molecule has 168 valence electrons. The van der Waals surface area contributed by atoms with Crippen LogP contribution < -0.4 is 9.62 Å². The van der Waals surface area contributed by atoms with Crippen molar-refractivity contribution in [2.45, 2.75) is 30.7 Å². The fourth-order valence-electron chi connectivity index (χ4n) is 3.37. The van der Waals surface area contributed by atoms with Gasteiger partial charge in [0, 0.05) is 5.54 Å². The predicted molar refractivity (Wildman–Crippen MR) is 125 cm³/mol.